The number of hydrogen-bond donors (Lipinski definition) is 1. The van der Waals surface area contributed by atoms with Crippen LogP contribution in [0.25, 0.3) is 0 Å². The second kappa shape index (κ2) is 4.97. The van der Waals surface area contributed by atoms with Crippen LogP contribution in [0.2, 0.25) is 0 Å². The van der Waals surface area contributed by atoms with E-state index in [0.717, 1.165) is 18.8 Å². The molecule has 0 aromatic heterocycles. The minimum absolute atomic E-state index is 0.0376. The molecule has 13 heavy (non-hydrogen) atoms. The van der Waals surface area contributed by atoms with Crippen molar-refractivity contribution < 1.29 is 5.11 Å². The Morgan fingerprint density at radius 3 is 2.62 bits per heavy atom. The van der Waals surface area contributed by atoms with Crippen molar-refractivity contribution in [2.24, 2.45) is 5.92 Å². The molecule has 0 radical (unpaired) electrons. The number of rotatable bonds is 4. The molecule has 0 aromatic rings. The van der Waals surface area contributed by atoms with Gasteiger partial charge in [0.15, 0.2) is 0 Å². The molecular weight excluding hydrogens is 162 g/mol. The molecule has 1 aliphatic carbocycles. The Bertz CT molecular complexity index is 149. The van der Waals surface area contributed by atoms with Gasteiger partial charge < -0.3 is 10.0 Å². The zero-order valence-electron chi connectivity index (χ0n) is 9.16. The zero-order chi connectivity index (χ0) is 9.84. The van der Waals surface area contributed by atoms with Crippen molar-refractivity contribution in [3.8, 4) is 0 Å². The van der Waals surface area contributed by atoms with Gasteiger partial charge in [-0.1, -0.05) is 20.3 Å². The van der Waals surface area contributed by atoms with Gasteiger partial charge in [0.2, 0.25) is 0 Å². The molecular formula is C11H23NO. The molecule has 0 aliphatic heterocycles. The maximum Gasteiger partial charge on any atom is 0.0555 e. The Kier molecular flexibility index (Phi) is 4.20. The lowest BCUT2D eigenvalue weighted by Gasteiger charge is -2.26. The van der Waals surface area contributed by atoms with Crippen molar-refractivity contribution in [2.75, 3.05) is 13.6 Å². The summed E-state index contributed by atoms with van der Waals surface area (Å²) in [5, 5.41) is 9.41. The second-order valence-electron chi connectivity index (χ2n) is 4.57. The smallest absolute Gasteiger partial charge is 0.0555 e. The van der Waals surface area contributed by atoms with Crippen LogP contribution in [0.5, 0.6) is 0 Å². The third-order valence-electron chi connectivity index (χ3n) is 3.30. The van der Waals surface area contributed by atoms with E-state index in [4.69, 9.17) is 0 Å². The Morgan fingerprint density at radius 2 is 2.15 bits per heavy atom. The first kappa shape index (κ1) is 11.0. The minimum Gasteiger partial charge on any atom is -0.393 e. The highest BCUT2D eigenvalue weighted by Gasteiger charge is 2.26. The monoisotopic (exact) mass is 185 g/mol. The van der Waals surface area contributed by atoms with Gasteiger partial charge in [-0.15, -0.1) is 0 Å². The molecule has 0 aromatic carbocycles. The predicted molar refractivity (Wildman–Crippen MR) is 55.7 cm³/mol. The molecule has 1 rings (SSSR count). The fraction of sp³-hybridized carbons (Fsp3) is 1.00. The lowest BCUT2D eigenvalue weighted by atomic mass is 10.1. The normalized spacial score (nSPS) is 31.2. The Balaban J connectivity index is 2.27. The van der Waals surface area contributed by atoms with Gasteiger partial charge in [-0.25, -0.2) is 0 Å². The van der Waals surface area contributed by atoms with E-state index in [9.17, 15) is 5.11 Å². The summed E-state index contributed by atoms with van der Waals surface area (Å²) in [6.07, 6.45) is 4.36. The van der Waals surface area contributed by atoms with Crippen molar-refractivity contribution in [2.45, 2.75) is 51.7 Å². The molecule has 1 fully saturated rings. The molecule has 0 amide bonds. The lowest BCUT2D eigenvalue weighted by molar-refractivity contribution is 0.156. The number of nitrogens with zero attached hydrogens (tertiary/aromatic N) is 1. The van der Waals surface area contributed by atoms with Crippen LogP contribution in [0.1, 0.15) is 39.5 Å². The number of aliphatic hydroxyl groups excluding tert-OH is 1. The molecule has 0 bridgehead atoms. The van der Waals surface area contributed by atoms with E-state index in [1.165, 1.54) is 19.4 Å². The van der Waals surface area contributed by atoms with E-state index >= 15 is 0 Å². The average Bonchev–Trinajstić information content (AvgIpc) is 2.51. The summed E-state index contributed by atoms with van der Waals surface area (Å²) < 4.78 is 0. The zero-order valence-corrected chi connectivity index (χ0v) is 9.16. The lowest BCUT2D eigenvalue weighted by Crippen LogP contribution is -2.33. The van der Waals surface area contributed by atoms with Crippen LogP contribution in [-0.2, 0) is 0 Å². The highest BCUT2D eigenvalue weighted by molar-refractivity contribution is 4.81. The van der Waals surface area contributed by atoms with Crippen molar-refractivity contribution >= 4 is 0 Å². The van der Waals surface area contributed by atoms with E-state index in [-0.39, 0.29) is 6.10 Å². The van der Waals surface area contributed by atoms with E-state index in [2.05, 4.69) is 25.8 Å². The average molecular weight is 185 g/mol. The summed E-state index contributed by atoms with van der Waals surface area (Å²) in [6, 6.07) is 0.629. The molecule has 0 saturated heterocycles. The first-order valence-corrected chi connectivity index (χ1v) is 5.51. The molecule has 2 nitrogen and oxygen atoms in total. The molecule has 1 aliphatic rings. The highest BCUT2D eigenvalue weighted by atomic mass is 16.3. The molecule has 0 spiro atoms. The maximum atomic E-state index is 9.41. The van der Waals surface area contributed by atoms with Crippen LogP contribution < -0.4 is 0 Å². The number of aliphatic hydroxyl groups is 1. The van der Waals surface area contributed by atoms with Crippen LogP contribution in [0.15, 0.2) is 0 Å². The van der Waals surface area contributed by atoms with Crippen molar-refractivity contribution in [3.05, 3.63) is 0 Å². The highest BCUT2D eigenvalue weighted by Crippen LogP contribution is 2.23. The molecule has 78 valence electrons. The van der Waals surface area contributed by atoms with Gasteiger partial charge >= 0.3 is 0 Å². The summed E-state index contributed by atoms with van der Waals surface area (Å²) in [6.45, 7) is 5.71. The molecule has 2 heteroatoms. The summed E-state index contributed by atoms with van der Waals surface area (Å²) in [4.78, 5) is 2.42. The third-order valence-corrected chi connectivity index (χ3v) is 3.30. The third kappa shape index (κ3) is 3.28. The van der Waals surface area contributed by atoms with Crippen LogP contribution in [-0.4, -0.2) is 35.7 Å². The van der Waals surface area contributed by atoms with Crippen LogP contribution in [0.3, 0.4) is 0 Å². The van der Waals surface area contributed by atoms with Gasteiger partial charge in [-0.05, 0) is 32.2 Å². The topological polar surface area (TPSA) is 23.5 Å². The fourth-order valence-electron chi connectivity index (χ4n) is 2.10. The van der Waals surface area contributed by atoms with Crippen LogP contribution in [0, 0.1) is 5.92 Å². The van der Waals surface area contributed by atoms with E-state index < -0.39 is 0 Å². The van der Waals surface area contributed by atoms with Crippen molar-refractivity contribution in [1.29, 1.82) is 0 Å². The van der Waals surface area contributed by atoms with Crippen molar-refractivity contribution in [3.63, 3.8) is 0 Å². The summed E-state index contributed by atoms with van der Waals surface area (Å²) >= 11 is 0. The molecule has 0 heterocycles. The van der Waals surface area contributed by atoms with E-state index in [1.807, 2.05) is 0 Å². The Labute approximate surface area is 81.9 Å². The first-order chi connectivity index (χ1) is 6.13. The number of hydrogen-bond acceptors (Lipinski definition) is 2. The van der Waals surface area contributed by atoms with E-state index in [1.54, 1.807) is 0 Å². The molecule has 1 saturated carbocycles. The quantitative estimate of drug-likeness (QED) is 0.723. The molecule has 3 unspecified atom stereocenters. The van der Waals surface area contributed by atoms with Gasteiger partial charge in [0.1, 0.15) is 0 Å². The fourth-order valence-corrected chi connectivity index (χ4v) is 2.10. The van der Waals surface area contributed by atoms with Gasteiger partial charge in [-0.3, -0.25) is 0 Å². The Morgan fingerprint density at radius 1 is 1.46 bits per heavy atom. The largest absolute Gasteiger partial charge is 0.393 e. The second-order valence-corrected chi connectivity index (χ2v) is 4.57. The maximum absolute atomic E-state index is 9.41. The van der Waals surface area contributed by atoms with E-state index in [0.29, 0.717) is 6.04 Å². The van der Waals surface area contributed by atoms with Gasteiger partial charge in [0.05, 0.1) is 6.10 Å². The first-order valence-electron chi connectivity index (χ1n) is 5.51. The Hall–Kier alpha value is -0.0800. The standard InChI is InChI=1S/C11H23NO/c1-4-9(2)8-12(3)10-5-6-11(13)7-10/h9-11,13H,4-8H2,1-3H3. The SMILES string of the molecule is CCC(C)CN(C)C1CCC(O)C1. The van der Waals surface area contributed by atoms with Crippen molar-refractivity contribution in [1.82, 2.24) is 4.90 Å². The predicted octanol–water partition coefficient (Wildman–Crippen LogP) is 1.88. The summed E-state index contributed by atoms with van der Waals surface area (Å²) in [7, 11) is 2.19. The van der Waals surface area contributed by atoms with Crippen LogP contribution >= 0.6 is 0 Å². The summed E-state index contributed by atoms with van der Waals surface area (Å²) in [5.74, 6) is 0.780. The van der Waals surface area contributed by atoms with Gasteiger partial charge in [-0.2, -0.15) is 0 Å². The molecule has 3 atom stereocenters. The molecule has 1 N–H and O–H groups in total. The minimum atomic E-state index is -0.0376. The van der Waals surface area contributed by atoms with Crippen LogP contribution in [0.4, 0.5) is 0 Å². The van der Waals surface area contributed by atoms with Gasteiger partial charge in [0, 0.05) is 12.6 Å². The van der Waals surface area contributed by atoms with Gasteiger partial charge in [0.25, 0.3) is 0 Å². The summed E-state index contributed by atoms with van der Waals surface area (Å²) in [5.41, 5.74) is 0.